The van der Waals surface area contributed by atoms with Crippen LogP contribution in [0, 0.1) is 25.2 Å². The van der Waals surface area contributed by atoms with Gasteiger partial charge in [0.05, 0.1) is 6.54 Å². The van der Waals surface area contributed by atoms with E-state index in [1.165, 1.54) is 0 Å². The summed E-state index contributed by atoms with van der Waals surface area (Å²) in [7, 11) is 1.82. The van der Waals surface area contributed by atoms with Crippen molar-refractivity contribution < 1.29 is 19.2 Å². The molecule has 0 saturated carbocycles. The van der Waals surface area contributed by atoms with Crippen molar-refractivity contribution in [2.75, 3.05) is 26.2 Å². The molecule has 2 aliphatic rings. The lowest BCUT2D eigenvalue weighted by atomic mass is 9.77. The van der Waals surface area contributed by atoms with Gasteiger partial charge < -0.3 is 14.5 Å². The number of hydrogen-bond acceptors (Lipinski definition) is 7. The van der Waals surface area contributed by atoms with Gasteiger partial charge in [0.2, 0.25) is 5.89 Å². The maximum atomic E-state index is 13.0. The molecular weight excluding hydrogens is 376 g/mol. The van der Waals surface area contributed by atoms with Crippen LogP contribution in [0.15, 0.2) is 10.6 Å². The minimum Gasteiger partial charge on any atom is -0.481 e. The zero-order valence-corrected chi connectivity index (χ0v) is 17.0. The van der Waals surface area contributed by atoms with Crippen LogP contribution in [-0.2, 0) is 18.4 Å². The Kier molecular flexibility index (Phi) is 4.89. The van der Waals surface area contributed by atoms with Crippen molar-refractivity contribution >= 4 is 11.9 Å². The molecule has 0 bridgehead atoms. The molecule has 156 valence electrons. The summed E-state index contributed by atoms with van der Waals surface area (Å²) in [5.74, 6) is 0.479. The van der Waals surface area contributed by atoms with E-state index >= 15 is 0 Å². The third-order valence-electron chi connectivity index (χ3n) is 6.22. The quantitative estimate of drug-likeness (QED) is 0.756. The Balaban J connectivity index is 1.50. The summed E-state index contributed by atoms with van der Waals surface area (Å²) >= 11 is 0. The van der Waals surface area contributed by atoms with Gasteiger partial charge in [0.1, 0.15) is 0 Å². The van der Waals surface area contributed by atoms with Crippen molar-refractivity contribution in [1.29, 1.82) is 0 Å². The fourth-order valence-electron chi connectivity index (χ4n) is 4.71. The Morgan fingerprint density at radius 2 is 2.10 bits per heavy atom. The van der Waals surface area contributed by atoms with Crippen LogP contribution in [0.2, 0.25) is 0 Å². The van der Waals surface area contributed by atoms with Crippen molar-refractivity contribution in [3.63, 3.8) is 0 Å². The zero-order chi connectivity index (χ0) is 20.8. The summed E-state index contributed by atoms with van der Waals surface area (Å²) in [6.07, 6.45) is 0.635. The summed E-state index contributed by atoms with van der Waals surface area (Å²) in [6.45, 7) is 6.87. The predicted molar refractivity (Wildman–Crippen MR) is 101 cm³/mol. The number of aryl methyl sites for hydroxylation is 3. The van der Waals surface area contributed by atoms with E-state index in [9.17, 15) is 14.7 Å². The normalized spacial score (nSPS) is 24.2. The first-order chi connectivity index (χ1) is 13.8. The summed E-state index contributed by atoms with van der Waals surface area (Å²) in [5.41, 5.74) is 1.13. The number of rotatable bonds is 6. The summed E-state index contributed by atoms with van der Waals surface area (Å²) in [4.78, 5) is 32.6. The van der Waals surface area contributed by atoms with Crippen molar-refractivity contribution in [2.24, 2.45) is 18.4 Å². The lowest BCUT2D eigenvalue weighted by Gasteiger charge is -2.28. The maximum absolute atomic E-state index is 13.0. The SMILES string of the molecule is Cc1nc(CN2CC3CN(C(=O)c4cc(C)n(C)n4)CC3(CCC(=O)O)C2)no1. The second-order valence-corrected chi connectivity index (χ2v) is 8.33. The van der Waals surface area contributed by atoms with Gasteiger partial charge in [-0.1, -0.05) is 5.16 Å². The molecule has 4 rings (SSSR count). The average molecular weight is 402 g/mol. The van der Waals surface area contributed by atoms with E-state index < -0.39 is 5.97 Å². The van der Waals surface area contributed by atoms with Gasteiger partial charge in [-0.3, -0.25) is 19.2 Å². The molecule has 2 saturated heterocycles. The topological polar surface area (TPSA) is 118 Å². The lowest BCUT2D eigenvalue weighted by Crippen LogP contribution is -2.37. The molecule has 0 aliphatic carbocycles. The number of likely N-dealkylation sites (tertiary alicyclic amines) is 2. The Bertz CT molecular complexity index is 918. The van der Waals surface area contributed by atoms with Crippen LogP contribution < -0.4 is 0 Å². The van der Waals surface area contributed by atoms with Gasteiger partial charge >= 0.3 is 5.97 Å². The maximum Gasteiger partial charge on any atom is 0.303 e. The van der Waals surface area contributed by atoms with E-state index in [-0.39, 0.29) is 23.7 Å². The summed E-state index contributed by atoms with van der Waals surface area (Å²) in [6, 6.07) is 1.80. The summed E-state index contributed by atoms with van der Waals surface area (Å²) < 4.78 is 6.75. The fourth-order valence-corrected chi connectivity index (χ4v) is 4.71. The fraction of sp³-hybridized carbons (Fsp3) is 0.632. The first kappa shape index (κ1) is 19.6. The van der Waals surface area contributed by atoms with E-state index in [1.54, 1.807) is 17.7 Å². The smallest absolute Gasteiger partial charge is 0.303 e. The Hall–Kier alpha value is -2.75. The van der Waals surface area contributed by atoms with E-state index in [4.69, 9.17) is 4.52 Å². The number of carboxylic acid groups (broad SMARTS) is 1. The van der Waals surface area contributed by atoms with Crippen molar-refractivity contribution in [1.82, 2.24) is 29.7 Å². The molecule has 0 radical (unpaired) electrons. The van der Waals surface area contributed by atoms with Crippen LogP contribution in [0.5, 0.6) is 0 Å². The van der Waals surface area contributed by atoms with Gasteiger partial charge in [-0.15, -0.1) is 0 Å². The van der Waals surface area contributed by atoms with Crippen LogP contribution in [0.4, 0.5) is 0 Å². The van der Waals surface area contributed by atoms with E-state index in [0.29, 0.717) is 50.0 Å². The number of nitrogens with zero attached hydrogens (tertiary/aromatic N) is 6. The average Bonchev–Trinajstić information content (AvgIpc) is 3.37. The minimum absolute atomic E-state index is 0.0851. The molecule has 2 atom stereocenters. The van der Waals surface area contributed by atoms with Gasteiger partial charge in [-0.25, -0.2) is 0 Å². The number of fused-ring (bicyclic) bond motifs is 1. The van der Waals surface area contributed by atoms with Gasteiger partial charge in [0.15, 0.2) is 11.5 Å². The largest absolute Gasteiger partial charge is 0.481 e. The molecule has 10 nitrogen and oxygen atoms in total. The van der Waals surface area contributed by atoms with Crippen LogP contribution in [0.25, 0.3) is 0 Å². The first-order valence-corrected chi connectivity index (χ1v) is 9.79. The van der Waals surface area contributed by atoms with Crippen LogP contribution in [0.1, 0.15) is 40.7 Å². The first-order valence-electron chi connectivity index (χ1n) is 9.79. The van der Waals surface area contributed by atoms with Gasteiger partial charge in [0.25, 0.3) is 5.91 Å². The third kappa shape index (κ3) is 3.76. The Morgan fingerprint density at radius 1 is 1.31 bits per heavy atom. The molecule has 29 heavy (non-hydrogen) atoms. The highest BCUT2D eigenvalue weighted by Crippen LogP contribution is 2.46. The lowest BCUT2D eigenvalue weighted by molar-refractivity contribution is -0.137. The highest BCUT2D eigenvalue weighted by atomic mass is 16.5. The van der Waals surface area contributed by atoms with Crippen LogP contribution in [-0.4, -0.2) is 72.9 Å². The molecule has 10 heteroatoms. The molecule has 1 amide bonds. The molecule has 0 spiro atoms. The summed E-state index contributed by atoms with van der Waals surface area (Å²) in [5, 5.41) is 17.5. The molecule has 2 unspecified atom stereocenters. The Labute approximate surface area is 168 Å². The predicted octanol–water partition coefficient (Wildman–Crippen LogP) is 0.859. The molecule has 2 aliphatic heterocycles. The third-order valence-corrected chi connectivity index (χ3v) is 6.22. The molecule has 2 aromatic heterocycles. The number of carbonyl (C=O) groups excluding carboxylic acids is 1. The monoisotopic (exact) mass is 402 g/mol. The molecular formula is C19H26N6O4. The standard InChI is InChI=1S/C19H26N6O4/c1-12-6-15(21-23(12)3)18(28)25-8-14-7-24(9-16-20-13(2)29-22-16)10-19(14,11-25)5-4-17(26)27/h6,14H,4-5,7-11H2,1-3H3,(H,26,27). The van der Waals surface area contributed by atoms with E-state index in [1.807, 2.05) is 18.9 Å². The number of hydrogen-bond donors (Lipinski definition) is 1. The molecule has 2 fully saturated rings. The highest BCUT2D eigenvalue weighted by Gasteiger charge is 2.53. The van der Waals surface area contributed by atoms with E-state index in [0.717, 1.165) is 12.2 Å². The second kappa shape index (κ2) is 7.25. The number of aromatic nitrogens is 4. The Morgan fingerprint density at radius 3 is 2.72 bits per heavy atom. The number of amides is 1. The molecule has 2 aromatic rings. The molecule has 0 aromatic carbocycles. The van der Waals surface area contributed by atoms with Gasteiger partial charge in [-0.2, -0.15) is 10.1 Å². The van der Waals surface area contributed by atoms with Crippen molar-refractivity contribution in [3.05, 3.63) is 29.2 Å². The molecule has 4 heterocycles. The second-order valence-electron chi connectivity index (χ2n) is 8.33. The number of aliphatic carboxylic acids is 1. The van der Waals surface area contributed by atoms with Gasteiger partial charge in [0, 0.05) is 57.7 Å². The minimum atomic E-state index is -0.810. The highest BCUT2D eigenvalue weighted by molar-refractivity contribution is 5.92. The molecule has 1 N–H and O–H groups in total. The number of carbonyl (C=O) groups is 2. The number of carboxylic acids is 1. The van der Waals surface area contributed by atoms with Crippen molar-refractivity contribution in [3.8, 4) is 0 Å². The zero-order valence-electron chi connectivity index (χ0n) is 17.0. The van der Waals surface area contributed by atoms with Crippen LogP contribution >= 0.6 is 0 Å². The van der Waals surface area contributed by atoms with Gasteiger partial charge in [-0.05, 0) is 25.3 Å². The van der Waals surface area contributed by atoms with Crippen molar-refractivity contribution in [2.45, 2.75) is 33.2 Å². The van der Waals surface area contributed by atoms with Crippen LogP contribution in [0.3, 0.4) is 0 Å². The van der Waals surface area contributed by atoms with E-state index in [2.05, 4.69) is 20.1 Å².